The molecule has 2 heterocycles. The Morgan fingerprint density at radius 1 is 1.03 bits per heavy atom. The second-order valence-electron chi connectivity index (χ2n) is 7.01. The van der Waals surface area contributed by atoms with Gasteiger partial charge in [0.1, 0.15) is 10.7 Å². The Labute approximate surface area is 180 Å². The Hall–Kier alpha value is -2.90. The monoisotopic (exact) mass is 440 g/mol. The summed E-state index contributed by atoms with van der Waals surface area (Å²) in [6.07, 6.45) is 2.42. The van der Waals surface area contributed by atoms with Gasteiger partial charge in [0.05, 0.1) is 12.2 Å². The average molecular weight is 441 g/mol. The second-order valence-corrected chi connectivity index (χ2v) is 9.28. The summed E-state index contributed by atoms with van der Waals surface area (Å²) in [5.41, 5.74) is 2.77. The van der Waals surface area contributed by atoms with Crippen LogP contribution >= 0.6 is 11.6 Å². The zero-order valence-corrected chi connectivity index (χ0v) is 18.2. The van der Waals surface area contributed by atoms with E-state index in [2.05, 4.69) is 10.2 Å². The molecule has 4 rings (SSSR count). The molecule has 0 aliphatic heterocycles. The van der Waals surface area contributed by atoms with Gasteiger partial charge in [0.25, 0.3) is 10.0 Å². The molecular formula is C22H21ClN4O2S. The molecule has 6 nitrogen and oxygen atoms in total. The maximum absolute atomic E-state index is 13.8. The number of nitrogens with zero attached hydrogens (tertiary/aromatic N) is 4. The van der Waals surface area contributed by atoms with E-state index in [1.807, 2.05) is 38.1 Å². The van der Waals surface area contributed by atoms with Crippen molar-refractivity contribution in [2.24, 2.45) is 0 Å². The summed E-state index contributed by atoms with van der Waals surface area (Å²) >= 11 is 6.18. The van der Waals surface area contributed by atoms with E-state index in [1.165, 1.54) is 4.31 Å². The molecule has 0 saturated carbocycles. The normalized spacial score (nSPS) is 11.7. The van der Waals surface area contributed by atoms with Crippen LogP contribution in [0.1, 0.15) is 23.9 Å². The van der Waals surface area contributed by atoms with E-state index in [1.54, 1.807) is 47.0 Å². The Bertz CT molecular complexity index is 1300. The summed E-state index contributed by atoms with van der Waals surface area (Å²) in [4.78, 5) is 0.101. The summed E-state index contributed by atoms with van der Waals surface area (Å²) in [6, 6.07) is 17.9. The molecule has 8 heteroatoms. The second kappa shape index (κ2) is 8.08. The summed E-state index contributed by atoms with van der Waals surface area (Å²) in [5.74, 6) is 0.704. The molecule has 2 aromatic heterocycles. The summed E-state index contributed by atoms with van der Waals surface area (Å²) in [6.45, 7) is 4.11. The zero-order chi connectivity index (χ0) is 21.3. The van der Waals surface area contributed by atoms with E-state index in [4.69, 9.17) is 11.6 Å². The number of anilines is 1. The molecule has 0 bridgehead atoms. The van der Waals surface area contributed by atoms with Crippen LogP contribution in [-0.2, 0) is 23.0 Å². The SMILES string of the molecule is CCc1nnc2c(S(=O)(=O)N(Cc3ccc(C)cc3)c3cccc(Cl)c3)cccn12. The average Bonchev–Trinajstić information content (AvgIpc) is 3.16. The van der Waals surface area contributed by atoms with Gasteiger partial charge in [-0.25, -0.2) is 8.42 Å². The van der Waals surface area contributed by atoms with E-state index in [-0.39, 0.29) is 11.4 Å². The van der Waals surface area contributed by atoms with Crippen LogP contribution in [0.3, 0.4) is 0 Å². The molecule has 0 atom stereocenters. The number of hydrogen-bond acceptors (Lipinski definition) is 4. The van der Waals surface area contributed by atoms with Crippen LogP contribution in [0, 0.1) is 6.92 Å². The van der Waals surface area contributed by atoms with Crippen molar-refractivity contribution in [1.82, 2.24) is 14.6 Å². The van der Waals surface area contributed by atoms with Crippen LogP contribution in [0.25, 0.3) is 5.65 Å². The smallest absolute Gasteiger partial charge is 0.268 e. The van der Waals surface area contributed by atoms with Crippen molar-refractivity contribution in [2.45, 2.75) is 31.7 Å². The van der Waals surface area contributed by atoms with Gasteiger partial charge in [0.15, 0.2) is 5.65 Å². The molecule has 4 aromatic rings. The summed E-state index contributed by atoms with van der Waals surface area (Å²) in [5, 5.41) is 8.75. The highest BCUT2D eigenvalue weighted by molar-refractivity contribution is 7.93. The topological polar surface area (TPSA) is 67.6 Å². The molecule has 0 amide bonds. The molecule has 0 spiro atoms. The molecule has 0 radical (unpaired) electrons. The third kappa shape index (κ3) is 3.78. The van der Waals surface area contributed by atoms with Crippen molar-refractivity contribution < 1.29 is 8.42 Å². The molecule has 0 saturated heterocycles. The lowest BCUT2D eigenvalue weighted by Gasteiger charge is -2.25. The van der Waals surface area contributed by atoms with Gasteiger partial charge in [-0.15, -0.1) is 10.2 Å². The number of pyridine rings is 1. The maximum atomic E-state index is 13.8. The molecule has 0 aliphatic carbocycles. The Balaban J connectivity index is 1.87. The molecule has 2 aromatic carbocycles. The number of rotatable bonds is 6. The van der Waals surface area contributed by atoms with Gasteiger partial charge >= 0.3 is 0 Å². The summed E-state index contributed by atoms with van der Waals surface area (Å²) < 4.78 is 30.7. The first-order valence-corrected chi connectivity index (χ1v) is 11.4. The third-order valence-corrected chi connectivity index (χ3v) is 6.93. The highest BCUT2D eigenvalue weighted by Crippen LogP contribution is 2.29. The minimum Gasteiger partial charge on any atom is -0.285 e. The molecular weight excluding hydrogens is 420 g/mol. The quantitative estimate of drug-likeness (QED) is 0.437. The lowest BCUT2D eigenvalue weighted by Crippen LogP contribution is -2.31. The minimum absolute atomic E-state index is 0.101. The van der Waals surface area contributed by atoms with Gasteiger partial charge in [-0.1, -0.05) is 54.4 Å². The Morgan fingerprint density at radius 2 is 1.80 bits per heavy atom. The van der Waals surface area contributed by atoms with Crippen LogP contribution in [-0.4, -0.2) is 23.0 Å². The number of aryl methyl sites for hydroxylation is 2. The third-order valence-electron chi connectivity index (χ3n) is 4.90. The Kier molecular flexibility index (Phi) is 5.49. The number of aromatic nitrogens is 3. The van der Waals surface area contributed by atoms with Gasteiger partial charge < -0.3 is 0 Å². The van der Waals surface area contributed by atoms with E-state index >= 15 is 0 Å². The van der Waals surface area contributed by atoms with Crippen molar-refractivity contribution in [2.75, 3.05) is 4.31 Å². The molecule has 30 heavy (non-hydrogen) atoms. The molecule has 154 valence electrons. The highest BCUT2D eigenvalue weighted by Gasteiger charge is 2.29. The van der Waals surface area contributed by atoms with Gasteiger partial charge in [-0.2, -0.15) is 0 Å². The molecule has 0 unspecified atom stereocenters. The van der Waals surface area contributed by atoms with Crippen molar-refractivity contribution in [3.63, 3.8) is 0 Å². The van der Waals surface area contributed by atoms with Crippen molar-refractivity contribution in [3.8, 4) is 0 Å². The number of sulfonamides is 1. The van der Waals surface area contributed by atoms with E-state index in [9.17, 15) is 8.42 Å². The van der Waals surface area contributed by atoms with Gasteiger partial charge in [-0.05, 0) is 42.8 Å². The summed E-state index contributed by atoms with van der Waals surface area (Å²) in [7, 11) is -3.95. The van der Waals surface area contributed by atoms with Crippen molar-refractivity contribution >= 4 is 33.0 Å². The van der Waals surface area contributed by atoms with Gasteiger partial charge in [-0.3, -0.25) is 8.71 Å². The number of halogens is 1. The predicted octanol–water partition coefficient (Wildman–Crippen LogP) is 4.65. The standard InChI is InChI=1S/C22H21ClN4O2S/c1-3-21-24-25-22-20(8-5-13-26(21)22)30(28,29)27(19-7-4-6-18(23)14-19)15-17-11-9-16(2)10-12-17/h4-14H,3,15H2,1-2H3. The number of benzene rings is 2. The van der Waals surface area contributed by atoms with E-state index in [0.717, 1.165) is 11.1 Å². The number of hydrogen-bond donors (Lipinski definition) is 0. The van der Waals surface area contributed by atoms with E-state index in [0.29, 0.717) is 28.6 Å². The fraction of sp³-hybridized carbons (Fsp3) is 0.182. The van der Waals surface area contributed by atoms with Crippen LogP contribution in [0.4, 0.5) is 5.69 Å². The Morgan fingerprint density at radius 3 is 2.50 bits per heavy atom. The molecule has 0 aliphatic rings. The van der Waals surface area contributed by atoms with Crippen LogP contribution in [0.2, 0.25) is 5.02 Å². The minimum atomic E-state index is -3.95. The lowest BCUT2D eigenvalue weighted by molar-refractivity contribution is 0.590. The van der Waals surface area contributed by atoms with Gasteiger partial charge in [0.2, 0.25) is 0 Å². The fourth-order valence-corrected chi connectivity index (χ4v) is 5.06. The molecule has 0 N–H and O–H groups in total. The predicted molar refractivity (Wildman–Crippen MR) is 118 cm³/mol. The van der Waals surface area contributed by atoms with Crippen LogP contribution in [0.15, 0.2) is 71.8 Å². The molecule has 0 fully saturated rings. The van der Waals surface area contributed by atoms with E-state index < -0.39 is 10.0 Å². The first kappa shape index (κ1) is 20.4. The highest BCUT2D eigenvalue weighted by atomic mass is 35.5. The number of fused-ring (bicyclic) bond motifs is 1. The van der Waals surface area contributed by atoms with Gasteiger partial charge in [0, 0.05) is 17.6 Å². The maximum Gasteiger partial charge on any atom is 0.268 e. The van der Waals surface area contributed by atoms with Crippen molar-refractivity contribution in [3.05, 3.63) is 88.8 Å². The lowest BCUT2D eigenvalue weighted by atomic mass is 10.1. The zero-order valence-electron chi connectivity index (χ0n) is 16.7. The largest absolute Gasteiger partial charge is 0.285 e. The van der Waals surface area contributed by atoms with Crippen LogP contribution in [0.5, 0.6) is 0 Å². The van der Waals surface area contributed by atoms with Crippen molar-refractivity contribution in [1.29, 1.82) is 0 Å². The first-order chi connectivity index (χ1) is 14.4. The van der Waals surface area contributed by atoms with Crippen LogP contribution < -0.4 is 4.31 Å². The fourth-order valence-electron chi connectivity index (χ4n) is 3.31. The first-order valence-electron chi connectivity index (χ1n) is 9.56.